The molecule has 3 nitrogen and oxygen atoms in total. The molecule has 0 atom stereocenters. The van der Waals surface area contributed by atoms with E-state index >= 15 is 0 Å². The Labute approximate surface area is 93.2 Å². The van der Waals surface area contributed by atoms with Crippen molar-refractivity contribution in [3.63, 3.8) is 0 Å². The smallest absolute Gasteiger partial charge is 0.153 e. The lowest BCUT2D eigenvalue weighted by molar-refractivity contribution is 0.111. The minimum absolute atomic E-state index is 0.427. The van der Waals surface area contributed by atoms with Gasteiger partial charge in [-0.3, -0.25) is 4.79 Å². The first-order valence-corrected chi connectivity index (χ1v) is 4.90. The van der Waals surface area contributed by atoms with E-state index in [0.717, 1.165) is 0 Å². The van der Waals surface area contributed by atoms with Crippen LogP contribution in [0.25, 0.3) is 0 Å². The van der Waals surface area contributed by atoms with Gasteiger partial charge in [-0.25, -0.2) is 0 Å². The Morgan fingerprint density at radius 3 is 3.00 bits per heavy atom. The van der Waals surface area contributed by atoms with Gasteiger partial charge in [0.1, 0.15) is 5.75 Å². The lowest BCUT2D eigenvalue weighted by atomic mass is 10.2. The van der Waals surface area contributed by atoms with Crippen LogP contribution in [0, 0.1) is 11.3 Å². The fourth-order valence-corrected chi connectivity index (χ4v) is 1.26. The van der Waals surface area contributed by atoms with Crippen LogP contribution in [0.2, 0.25) is 5.02 Å². The molecule has 0 bridgehead atoms. The highest BCUT2D eigenvalue weighted by Gasteiger charge is 2.03. The lowest BCUT2D eigenvalue weighted by Gasteiger charge is -2.07. The topological polar surface area (TPSA) is 50.1 Å². The summed E-state index contributed by atoms with van der Waals surface area (Å²) in [4.78, 5) is 10.7. The molecule has 0 saturated heterocycles. The number of nitrogens with zero attached hydrogens (tertiary/aromatic N) is 1. The predicted octanol–water partition coefficient (Wildman–Crippen LogP) is 2.84. The molecule has 15 heavy (non-hydrogen) atoms. The first kappa shape index (κ1) is 11.5. The number of halogens is 1. The summed E-state index contributed by atoms with van der Waals surface area (Å²) < 4.78 is 5.34. The number of aldehydes is 1. The summed E-state index contributed by atoms with van der Waals surface area (Å²) in [6.45, 7) is 0.427. The second kappa shape index (κ2) is 6.05. The Morgan fingerprint density at radius 2 is 2.33 bits per heavy atom. The van der Waals surface area contributed by atoms with Crippen LogP contribution < -0.4 is 4.74 Å². The standard InChI is InChI=1S/C11H10ClNO2/c12-10-3-4-11(9(7-10)8-14)15-6-2-1-5-13/h3-4,7-8H,1-2,6H2. The first-order chi connectivity index (χ1) is 7.27. The van der Waals surface area contributed by atoms with Gasteiger partial charge in [0, 0.05) is 11.4 Å². The van der Waals surface area contributed by atoms with Crippen LogP contribution in [-0.2, 0) is 0 Å². The summed E-state index contributed by atoms with van der Waals surface area (Å²) in [7, 11) is 0. The van der Waals surface area contributed by atoms with Crippen molar-refractivity contribution in [2.24, 2.45) is 0 Å². The van der Waals surface area contributed by atoms with Gasteiger partial charge in [0.15, 0.2) is 6.29 Å². The molecular weight excluding hydrogens is 214 g/mol. The van der Waals surface area contributed by atoms with Crippen LogP contribution in [-0.4, -0.2) is 12.9 Å². The molecule has 0 amide bonds. The predicted molar refractivity (Wildman–Crippen MR) is 57.2 cm³/mol. The first-order valence-electron chi connectivity index (χ1n) is 4.52. The van der Waals surface area contributed by atoms with E-state index in [1.165, 1.54) is 0 Å². The van der Waals surface area contributed by atoms with Gasteiger partial charge in [0.05, 0.1) is 18.2 Å². The molecule has 0 heterocycles. The molecular formula is C11H10ClNO2. The summed E-state index contributed by atoms with van der Waals surface area (Å²) in [5, 5.41) is 8.82. The maximum atomic E-state index is 10.7. The number of rotatable bonds is 5. The van der Waals surface area contributed by atoms with Crippen molar-refractivity contribution in [2.75, 3.05) is 6.61 Å². The van der Waals surface area contributed by atoms with Crippen molar-refractivity contribution in [2.45, 2.75) is 12.8 Å². The van der Waals surface area contributed by atoms with Crippen LogP contribution in [0.3, 0.4) is 0 Å². The fourth-order valence-electron chi connectivity index (χ4n) is 1.08. The number of hydrogen-bond donors (Lipinski definition) is 0. The van der Waals surface area contributed by atoms with Gasteiger partial charge in [-0.15, -0.1) is 0 Å². The third-order valence-corrected chi connectivity index (χ3v) is 2.02. The minimum Gasteiger partial charge on any atom is -0.493 e. The molecule has 0 aliphatic rings. The van der Waals surface area contributed by atoms with Crippen molar-refractivity contribution < 1.29 is 9.53 Å². The molecule has 0 N–H and O–H groups in total. The van der Waals surface area contributed by atoms with Crippen LogP contribution in [0.4, 0.5) is 0 Å². The summed E-state index contributed by atoms with van der Waals surface area (Å²) in [5.41, 5.74) is 0.430. The maximum absolute atomic E-state index is 10.7. The van der Waals surface area contributed by atoms with Crippen molar-refractivity contribution >= 4 is 17.9 Å². The molecule has 0 aromatic heterocycles. The van der Waals surface area contributed by atoms with Crippen LogP contribution in [0.15, 0.2) is 18.2 Å². The van der Waals surface area contributed by atoms with Crippen molar-refractivity contribution in [3.05, 3.63) is 28.8 Å². The quantitative estimate of drug-likeness (QED) is 0.570. The van der Waals surface area contributed by atoms with Crippen LogP contribution in [0.5, 0.6) is 5.75 Å². The number of unbranched alkanes of at least 4 members (excludes halogenated alkanes) is 1. The second-order valence-corrected chi connectivity index (χ2v) is 3.35. The number of ether oxygens (including phenoxy) is 1. The zero-order valence-corrected chi connectivity index (χ0v) is 8.83. The Hall–Kier alpha value is -1.53. The number of carbonyl (C=O) groups excluding carboxylic acids is 1. The summed E-state index contributed by atoms with van der Waals surface area (Å²) in [6.07, 6.45) is 1.80. The van der Waals surface area contributed by atoms with E-state index in [1.807, 2.05) is 6.07 Å². The summed E-state index contributed by atoms with van der Waals surface area (Å²) in [6, 6.07) is 6.88. The average molecular weight is 224 g/mol. The van der Waals surface area contributed by atoms with Gasteiger partial charge in [-0.2, -0.15) is 5.26 Å². The molecule has 0 radical (unpaired) electrons. The third-order valence-electron chi connectivity index (χ3n) is 1.79. The van der Waals surface area contributed by atoms with Crippen LogP contribution in [0.1, 0.15) is 23.2 Å². The Morgan fingerprint density at radius 1 is 1.53 bits per heavy atom. The van der Waals surface area contributed by atoms with E-state index in [1.54, 1.807) is 18.2 Å². The molecule has 4 heteroatoms. The maximum Gasteiger partial charge on any atom is 0.153 e. The molecule has 1 aromatic carbocycles. The van der Waals surface area contributed by atoms with Gasteiger partial charge < -0.3 is 4.74 Å². The summed E-state index contributed by atoms with van der Waals surface area (Å²) in [5.74, 6) is 0.507. The highest BCUT2D eigenvalue weighted by molar-refractivity contribution is 6.30. The minimum atomic E-state index is 0.427. The van der Waals surface area contributed by atoms with Gasteiger partial charge in [0.2, 0.25) is 0 Å². The van der Waals surface area contributed by atoms with Gasteiger partial charge in [0.25, 0.3) is 0 Å². The van der Waals surface area contributed by atoms with Gasteiger partial charge >= 0.3 is 0 Å². The van der Waals surface area contributed by atoms with E-state index in [2.05, 4.69) is 0 Å². The molecule has 0 fully saturated rings. The highest BCUT2D eigenvalue weighted by Crippen LogP contribution is 2.21. The fraction of sp³-hybridized carbons (Fsp3) is 0.273. The Kier molecular flexibility index (Phi) is 4.65. The normalized spacial score (nSPS) is 9.33. The van der Waals surface area contributed by atoms with E-state index in [-0.39, 0.29) is 0 Å². The van der Waals surface area contributed by atoms with E-state index in [9.17, 15) is 4.79 Å². The average Bonchev–Trinajstić information content (AvgIpc) is 2.26. The van der Waals surface area contributed by atoms with Gasteiger partial charge in [-0.1, -0.05) is 11.6 Å². The number of benzene rings is 1. The summed E-state index contributed by atoms with van der Waals surface area (Å²) >= 11 is 5.72. The van der Waals surface area contributed by atoms with E-state index in [4.69, 9.17) is 21.6 Å². The number of nitriles is 1. The molecule has 0 aliphatic carbocycles. The molecule has 0 saturated carbocycles. The molecule has 0 aliphatic heterocycles. The van der Waals surface area contributed by atoms with Crippen molar-refractivity contribution in [1.29, 1.82) is 5.26 Å². The monoisotopic (exact) mass is 223 g/mol. The molecule has 78 valence electrons. The SMILES string of the molecule is N#CCCCOc1ccc(Cl)cc1C=O. The Balaban J connectivity index is 2.60. The van der Waals surface area contributed by atoms with Gasteiger partial charge in [-0.05, 0) is 24.6 Å². The Bertz CT molecular complexity index is 385. The van der Waals surface area contributed by atoms with E-state index in [0.29, 0.717) is 42.1 Å². The zero-order valence-electron chi connectivity index (χ0n) is 8.07. The number of hydrogen-bond acceptors (Lipinski definition) is 3. The number of carbonyl (C=O) groups is 1. The highest BCUT2D eigenvalue weighted by atomic mass is 35.5. The molecule has 0 unspecified atom stereocenters. The van der Waals surface area contributed by atoms with Crippen molar-refractivity contribution in [3.8, 4) is 11.8 Å². The molecule has 1 rings (SSSR count). The van der Waals surface area contributed by atoms with Crippen molar-refractivity contribution in [1.82, 2.24) is 0 Å². The molecule has 0 spiro atoms. The zero-order chi connectivity index (χ0) is 11.1. The largest absolute Gasteiger partial charge is 0.493 e. The molecule has 1 aromatic rings. The lowest BCUT2D eigenvalue weighted by Crippen LogP contribution is -1.99. The van der Waals surface area contributed by atoms with E-state index < -0.39 is 0 Å². The van der Waals surface area contributed by atoms with Crippen LogP contribution >= 0.6 is 11.6 Å². The third kappa shape index (κ3) is 3.61. The second-order valence-electron chi connectivity index (χ2n) is 2.91.